The Balaban J connectivity index is 1.32. The Kier molecular flexibility index (Phi) is 5.75. The average Bonchev–Trinajstić information content (AvgIpc) is 3.48. The number of hydrogen-bond acceptors (Lipinski definition) is 5. The van der Waals surface area contributed by atoms with Crippen molar-refractivity contribution in [2.45, 2.75) is 27.4 Å². The molecule has 158 valence electrons. The Labute approximate surface area is 179 Å². The molecule has 7 heteroatoms. The van der Waals surface area contributed by atoms with Crippen molar-refractivity contribution < 1.29 is 18.4 Å². The van der Waals surface area contributed by atoms with Crippen LogP contribution < -0.4 is 10.2 Å². The number of hydrazone groups is 1. The van der Waals surface area contributed by atoms with E-state index in [1.807, 2.05) is 37.3 Å². The number of rotatable bonds is 7. The first-order chi connectivity index (χ1) is 15.0. The molecule has 0 atom stereocenters. The van der Waals surface area contributed by atoms with Crippen molar-refractivity contribution >= 4 is 12.1 Å². The van der Waals surface area contributed by atoms with E-state index in [2.05, 4.69) is 41.1 Å². The number of nitrogens with one attached hydrogen (secondary N) is 1. The van der Waals surface area contributed by atoms with Crippen LogP contribution in [0.2, 0.25) is 0 Å². The van der Waals surface area contributed by atoms with Gasteiger partial charge in [0.2, 0.25) is 0 Å². The normalized spacial score (nSPS) is 11.2. The van der Waals surface area contributed by atoms with Crippen LogP contribution in [-0.4, -0.2) is 16.7 Å². The summed E-state index contributed by atoms with van der Waals surface area (Å²) in [6, 6.07) is 18.9. The van der Waals surface area contributed by atoms with Crippen molar-refractivity contribution in [1.82, 2.24) is 9.99 Å². The Morgan fingerprint density at radius 1 is 0.968 bits per heavy atom. The number of benzene rings is 1. The Morgan fingerprint density at radius 3 is 2.39 bits per heavy atom. The minimum Gasteiger partial charge on any atom is -0.486 e. The lowest BCUT2D eigenvalue weighted by molar-refractivity contribution is 0.0923. The van der Waals surface area contributed by atoms with Crippen molar-refractivity contribution in [1.29, 1.82) is 0 Å². The number of aryl methyl sites for hydroxylation is 3. The van der Waals surface area contributed by atoms with Gasteiger partial charge in [-0.1, -0.05) is 0 Å². The van der Waals surface area contributed by atoms with Crippen LogP contribution in [0.5, 0.6) is 5.75 Å². The fourth-order valence-corrected chi connectivity index (χ4v) is 3.23. The van der Waals surface area contributed by atoms with Crippen molar-refractivity contribution in [2.24, 2.45) is 5.10 Å². The molecular formula is C24H23N3O4. The molecule has 0 aliphatic rings. The van der Waals surface area contributed by atoms with Gasteiger partial charge in [0.05, 0.1) is 6.21 Å². The lowest BCUT2D eigenvalue weighted by Gasteiger charge is -2.10. The molecule has 3 aromatic heterocycles. The highest BCUT2D eigenvalue weighted by Crippen LogP contribution is 2.21. The third kappa shape index (κ3) is 4.78. The standard InChI is InChI=1S/C24H23N3O4/c1-16-4-5-17(2)27(16)19-7-10-20(11-8-19)29-15-22-12-13-23(31-22)24(28)26-25-14-21-9-6-18(3)30-21/h4-14H,15H2,1-3H3,(H,26,28)/b25-14+. The maximum Gasteiger partial charge on any atom is 0.307 e. The van der Waals surface area contributed by atoms with Crippen molar-refractivity contribution in [2.75, 3.05) is 0 Å². The highest BCUT2D eigenvalue weighted by molar-refractivity contribution is 5.92. The Hall–Kier alpha value is -4.00. The van der Waals surface area contributed by atoms with E-state index in [0.29, 0.717) is 17.3 Å². The minimum absolute atomic E-state index is 0.153. The van der Waals surface area contributed by atoms with Crippen molar-refractivity contribution in [3.8, 4) is 11.4 Å². The lowest BCUT2D eigenvalue weighted by atomic mass is 10.3. The molecule has 0 saturated carbocycles. The second-order valence-corrected chi connectivity index (χ2v) is 7.15. The molecule has 31 heavy (non-hydrogen) atoms. The molecule has 0 aliphatic heterocycles. The van der Waals surface area contributed by atoms with Gasteiger partial charge < -0.3 is 18.1 Å². The van der Waals surface area contributed by atoms with E-state index in [-0.39, 0.29) is 12.4 Å². The van der Waals surface area contributed by atoms with Gasteiger partial charge in [-0.3, -0.25) is 4.79 Å². The van der Waals surface area contributed by atoms with Crippen molar-refractivity contribution in [3.63, 3.8) is 0 Å². The molecule has 0 spiro atoms. The van der Waals surface area contributed by atoms with Crippen LogP contribution >= 0.6 is 0 Å². The number of hydrogen-bond donors (Lipinski definition) is 1. The number of ether oxygens (including phenoxy) is 1. The predicted molar refractivity (Wildman–Crippen MR) is 117 cm³/mol. The molecule has 4 aromatic rings. The van der Waals surface area contributed by atoms with Gasteiger partial charge in [-0.15, -0.1) is 0 Å². The number of furan rings is 2. The first kappa shape index (κ1) is 20.3. The largest absolute Gasteiger partial charge is 0.486 e. The number of carbonyl (C=O) groups is 1. The third-order valence-electron chi connectivity index (χ3n) is 4.75. The van der Waals surface area contributed by atoms with Crippen LogP contribution in [-0.2, 0) is 6.61 Å². The molecule has 1 N–H and O–H groups in total. The molecule has 3 heterocycles. The maximum absolute atomic E-state index is 12.1. The van der Waals surface area contributed by atoms with E-state index in [0.717, 1.165) is 11.4 Å². The molecule has 7 nitrogen and oxygen atoms in total. The molecule has 0 radical (unpaired) electrons. The molecule has 0 bridgehead atoms. The molecule has 0 unspecified atom stereocenters. The molecule has 0 aliphatic carbocycles. The first-order valence-electron chi connectivity index (χ1n) is 9.86. The second-order valence-electron chi connectivity index (χ2n) is 7.15. The van der Waals surface area contributed by atoms with Crippen LogP contribution in [0, 0.1) is 20.8 Å². The summed E-state index contributed by atoms with van der Waals surface area (Å²) < 4.78 is 18.9. The molecule has 1 amide bonds. The number of nitrogens with zero attached hydrogens (tertiary/aromatic N) is 2. The summed E-state index contributed by atoms with van der Waals surface area (Å²) in [5.74, 6) is 2.28. The average molecular weight is 417 g/mol. The summed E-state index contributed by atoms with van der Waals surface area (Å²) in [7, 11) is 0. The summed E-state index contributed by atoms with van der Waals surface area (Å²) in [4.78, 5) is 12.1. The van der Waals surface area contributed by atoms with Gasteiger partial charge in [0, 0.05) is 17.1 Å². The predicted octanol–water partition coefficient (Wildman–Crippen LogP) is 4.93. The van der Waals surface area contributed by atoms with E-state index < -0.39 is 5.91 Å². The first-order valence-corrected chi connectivity index (χ1v) is 9.86. The van der Waals surface area contributed by atoms with E-state index >= 15 is 0 Å². The summed E-state index contributed by atoms with van der Waals surface area (Å²) in [6.45, 7) is 6.20. The topological polar surface area (TPSA) is 81.9 Å². The monoisotopic (exact) mass is 417 g/mol. The zero-order valence-electron chi connectivity index (χ0n) is 17.6. The number of aromatic nitrogens is 1. The van der Waals surface area contributed by atoms with Crippen LogP contribution in [0.25, 0.3) is 5.69 Å². The minimum atomic E-state index is -0.451. The molecule has 0 saturated heterocycles. The lowest BCUT2D eigenvalue weighted by Crippen LogP contribution is -2.16. The van der Waals surface area contributed by atoms with Gasteiger partial charge in [-0.05, 0) is 81.4 Å². The summed E-state index contributed by atoms with van der Waals surface area (Å²) in [5, 5.41) is 3.86. The zero-order valence-corrected chi connectivity index (χ0v) is 17.6. The SMILES string of the molecule is Cc1ccc(/C=N/NC(=O)c2ccc(COc3ccc(-n4c(C)ccc4C)cc3)o2)o1. The van der Waals surface area contributed by atoms with Gasteiger partial charge in [-0.2, -0.15) is 5.10 Å². The second kappa shape index (κ2) is 8.79. The smallest absolute Gasteiger partial charge is 0.307 e. The number of amides is 1. The highest BCUT2D eigenvalue weighted by atomic mass is 16.5. The van der Waals surface area contributed by atoms with Crippen LogP contribution in [0.4, 0.5) is 0 Å². The molecular weight excluding hydrogens is 394 g/mol. The van der Waals surface area contributed by atoms with Gasteiger partial charge in [-0.25, -0.2) is 5.43 Å². The number of carbonyl (C=O) groups excluding carboxylic acids is 1. The summed E-state index contributed by atoms with van der Waals surface area (Å²) in [6.07, 6.45) is 1.43. The third-order valence-corrected chi connectivity index (χ3v) is 4.75. The fourth-order valence-electron chi connectivity index (χ4n) is 3.23. The summed E-state index contributed by atoms with van der Waals surface area (Å²) in [5.41, 5.74) is 5.84. The fraction of sp³-hybridized carbons (Fsp3) is 0.167. The molecule has 1 aromatic carbocycles. The van der Waals surface area contributed by atoms with Gasteiger partial charge in [0.15, 0.2) is 5.76 Å². The molecule has 4 rings (SSSR count). The Morgan fingerprint density at radius 2 is 1.71 bits per heavy atom. The van der Waals surface area contributed by atoms with Gasteiger partial charge in [0.1, 0.15) is 29.6 Å². The highest BCUT2D eigenvalue weighted by Gasteiger charge is 2.11. The quantitative estimate of drug-likeness (QED) is 0.341. The van der Waals surface area contributed by atoms with E-state index in [9.17, 15) is 4.79 Å². The zero-order chi connectivity index (χ0) is 21.8. The van der Waals surface area contributed by atoms with Gasteiger partial charge >= 0.3 is 5.91 Å². The van der Waals surface area contributed by atoms with Crippen molar-refractivity contribution in [3.05, 3.63) is 95.1 Å². The van der Waals surface area contributed by atoms with Gasteiger partial charge in [0.25, 0.3) is 0 Å². The van der Waals surface area contributed by atoms with Crippen LogP contribution in [0.3, 0.4) is 0 Å². The van der Waals surface area contributed by atoms with Crippen LogP contribution in [0.15, 0.2) is 74.6 Å². The van der Waals surface area contributed by atoms with Crippen LogP contribution in [0.1, 0.15) is 39.2 Å². The molecule has 0 fully saturated rings. The van der Waals surface area contributed by atoms with E-state index in [1.165, 1.54) is 17.6 Å². The summed E-state index contributed by atoms with van der Waals surface area (Å²) >= 11 is 0. The van der Waals surface area contributed by atoms with E-state index in [1.54, 1.807) is 18.2 Å². The maximum atomic E-state index is 12.1. The Bertz CT molecular complexity index is 1190. The van der Waals surface area contributed by atoms with E-state index in [4.69, 9.17) is 13.6 Å².